The molecule has 0 aliphatic carbocycles. The molecule has 2 aromatic carbocycles. The fraction of sp³-hybridized carbons (Fsp3) is 0.588. The van der Waals surface area contributed by atoms with Gasteiger partial charge in [-0.05, 0) is 61.0 Å². The Morgan fingerprint density at radius 3 is 2.50 bits per heavy atom. The number of rotatable bonds is 7. The van der Waals surface area contributed by atoms with Crippen LogP contribution in [0.2, 0.25) is 18.1 Å². The van der Waals surface area contributed by atoms with Gasteiger partial charge in [-0.25, -0.2) is 4.79 Å². The number of fused-ring (bicyclic) bond motifs is 3. The predicted molar refractivity (Wildman–Crippen MR) is 163 cm³/mol. The van der Waals surface area contributed by atoms with Gasteiger partial charge in [-0.2, -0.15) is 0 Å². The molecule has 2 bridgehead atoms. The fourth-order valence-electron chi connectivity index (χ4n) is 9.38. The number of amides is 1. The first-order valence-corrected chi connectivity index (χ1v) is 18.4. The Balaban J connectivity index is 1.40. The largest absolute Gasteiger partial charge is 0.467 e. The topological polar surface area (TPSA) is 68.3 Å². The number of methoxy groups -OCH3 is 1. The third-order valence-electron chi connectivity index (χ3n) is 12.0. The number of hydrogen-bond donors (Lipinski definition) is 0. The van der Waals surface area contributed by atoms with E-state index in [1.165, 1.54) is 18.2 Å². The fourth-order valence-corrected chi connectivity index (χ4v) is 10.4. The van der Waals surface area contributed by atoms with E-state index in [-0.39, 0.29) is 23.0 Å². The van der Waals surface area contributed by atoms with Crippen LogP contribution in [0.1, 0.15) is 64.0 Å². The van der Waals surface area contributed by atoms with E-state index in [1.807, 2.05) is 11.0 Å². The summed E-state index contributed by atoms with van der Waals surface area (Å²) in [5.74, 6) is -0.193. The van der Waals surface area contributed by atoms with E-state index < -0.39 is 30.5 Å². The highest BCUT2D eigenvalue weighted by Crippen LogP contribution is 2.80. The Labute approximate surface area is 250 Å². The third kappa shape index (κ3) is 3.24. The molecule has 4 fully saturated rings. The molecule has 5 atom stereocenters. The van der Waals surface area contributed by atoms with Crippen LogP contribution in [0.5, 0.6) is 0 Å². The number of anilines is 1. The van der Waals surface area contributed by atoms with Crippen molar-refractivity contribution in [1.29, 1.82) is 0 Å². The van der Waals surface area contributed by atoms with E-state index in [4.69, 9.17) is 13.9 Å². The van der Waals surface area contributed by atoms with E-state index in [1.54, 1.807) is 0 Å². The maximum absolute atomic E-state index is 14.2. The molecule has 2 aromatic rings. The average Bonchev–Trinajstić information content (AvgIpc) is 3.63. The number of ether oxygens (including phenoxy) is 2. The number of esters is 1. The summed E-state index contributed by atoms with van der Waals surface area (Å²) in [5.41, 5.74) is 0.431. The summed E-state index contributed by atoms with van der Waals surface area (Å²) in [6.07, 6.45) is 3.20. The minimum Gasteiger partial charge on any atom is -0.467 e. The smallest absolute Gasteiger partial charge is 0.340 e. The highest BCUT2D eigenvalue weighted by molar-refractivity contribution is 6.74. The van der Waals surface area contributed by atoms with Crippen molar-refractivity contribution in [3.8, 4) is 0 Å². The van der Waals surface area contributed by atoms with Crippen LogP contribution in [-0.4, -0.2) is 62.7 Å². The Morgan fingerprint density at radius 2 is 1.79 bits per heavy atom. The summed E-state index contributed by atoms with van der Waals surface area (Å²) in [4.78, 5) is 32.4. The first-order valence-electron chi connectivity index (χ1n) is 15.5. The van der Waals surface area contributed by atoms with Crippen molar-refractivity contribution in [3.63, 3.8) is 0 Å². The lowest BCUT2D eigenvalue weighted by atomic mass is 9.49. The summed E-state index contributed by atoms with van der Waals surface area (Å²) in [6.45, 7) is 13.2. The van der Waals surface area contributed by atoms with E-state index >= 15 is 0 Å². The van der Waals surface area contributed by atoms with Crippen molar-refractivity contribution < 1.29 is 23.5 Å². The van der Waals surface area contributed by atoms with Gasteiger partial charge in [-0.3, -0.25) is 4.79 Å². The molecular weight excluding hydrogens is 544 g/mol. The van der Waals surface area contributed by atoms with Gasteiger partial charge >= 0.3 is 5.97 Å². The van der Waals surface area contributed by atoms with Crippen molar-refractivity contribution in [2.45, 2.75) is 100 Å². The standard InChI is InChI=1S/C34H44N2O5Si/c1-30(2,3)42(5,6)40-21-19-31-17-16-27(37)36-20-18-32-25-14-10-11-15-26(25)35(22-24-12-8-7-9-13-24)28(32)33(23-31,29(38)39-4)41-34(31,32)36/h7-15,28H,16-23H2,1-6H3/t28-,31-,32+,33?,34-/m1/s1. The first-order chi connectivity index (χ1) is 19.9. The molecule has 5 aliphatic rings. The number of nitrogens with zero attached hydrogens (tertiary/aromatic N) is 2. The van der Waals surface area contributed by atoms with Crippen LogP contribution in [0.4, 0.5) is 5.69 Å². The second-order valence-electron chi connectivity index (χ2n) is 14.7. The van der Waals surface area contributed by atoms with Gasteiger partial charge in [0.25, 0.3) is 0 Å². The molecule has 0 N–H and O–H groups in total. The maximum Gasteiger partial charge on any atom is 0.340 e. The van der Waals surface area contributed by atoms with E-state index in [0.29, 0.717) is 39.0 Å². The normalized spacial score (nSPS) is 34.4. The van der Waals surface area contributed by atoms with Crippen LogP contribution in [0.25, 0.3) is 0 Å². The molecule has 1 amide bonds. The number of carbonyl (C=O) groups is 2. The third-order valence-corrected chi connectivity index (χ3v) is 16.5. The van der Waals surface area contributed by atoms with Gasteiger partial charge in [0, 0.05) is 37.2 Å². The molecule has 4 saturated heterocycles. The molecule has 5 aliphatic heterocycles. The SMILES string of the molecule is COC(=O)C12C[C@]3(CCO[Si](C)(C)C(C)(C)C)CCC(=O)N4CC[C@@]5(c6ccccc6N(Cc6ccccc6)[C@@H]15)[C@@]43O2. The second-order valence-corrected chi connectivity index (χ2v) is 19.6. The zero-order valence-corrected chi connectivity index (χ0v) is 26.9. The zero-order chi connectivity index (χ0) is 29.8. The molecule has 0 saturated carbocycles. The van der Waals surface area contributed by atoms with Crippen LogP contribution in [-0.2, 0) is 35.4 Å². The lowest BCUT2D eigenvalue weighted by Gasteiger charge is -2.58. The Kier molecular flexibility index (Phi) is 5.97. The van der Waals surface area contributed by atoms with E-state index in [0.717, 1.165) is 18.5 Å². The van der Waals surface area contributed by atoms with Crippen molar-refractivity contribution in [2.75, 3.05) is 25.2 Å². The van der Waals surface area contributed by atoms with E-state index in [2.05, 4.69) is 87.3 Å². The summed E-state index contributed by atoms with van der Waals surface area (Å²) in [7, 11) is -0.528. The lowest BCUT2D eigenvalue weighted by molar-refractivity contribution is -0.213. The number of piperidine rings is 1. The molecule has 5 heterocycles. The molecule has 8 heteroatoms. The van der Waals surface area contributed by atoms with Crippen LogP contribution < -0.4 is 4.90 Å². The van der Waals surface area contributed by atoms with Gasteiger partial charge in [0.2, 0.25) is 5.91 Å². The summed E-state index contributed by atoms with van der Waals surface area (Å²) in [6, 6.07) is 18.7. The van der Waals surface area contributed by atoms with Gasteiger partial charge in [0.05, 0.1) is 18.6 Å². The minimum atomic E-state index is -2.00. The minimum absolute atomic E-state index is 0.0952. The molecule has 0 radical (unpaired) electrons. The molecule has 42 heavy (non-hydrogen) atoms. The zero-order valence-electron chi connectivity index (χ0n) is 25.9. The molecule has 1 unspecified atom stereocenters. The maximum atomic E-state index is 14.2. The molecule has 2 spiro atoms. The number of para-hydroxylation sites is 1. The van der Waals surface area contributed by atoms with Crippen molar-refractivity contribution in [1.82, 2.24) is 4.90 Å². The first kappa shape index (κ1) is 28.1. The molecular formula is C34H44N2O5Si. The summed E-state index contributed by atoms with van der Waals surface area (Å²) >= 11 is 0. The summed E-state index contributed by atoms with van der Waals surface area (Å²) < 4.78 is 19.7. The van der Waals surface area contributed by atoms with Gasteiger partial charge in [-0.15, -0.1) is 0 Å². The van der Waals surface area contributed by atoms with Crippen molar-refractivity contribution in [3.05, 3.63) is 65.7 Å². The monoisotopic (exact) mass is 588 g/mol. The average molecular weight is 589 g/mol. The summed E-state index contributed by atoms with van der Waals surface area (Å²) in [5, 5.41) is 0.0952. The number of benzene rings is 2. The second kappa shape index (κ2) is 8.93. The highest BCUT2D eigenvalue weighted by atomic mass is 28.4. The molecule has 7 nitrogen and oxygen atoms in total. The predicted octanol–water partition coefficient (Wildman–Crippen LogP) is 5.78. The molecule has 0 aromatic heterocycles. The Morgan fingerprint density at radius 1 is 1.07 bits per heavy atom. The van der Waals surface area contributed by atoms with Crippen LogP contribution >= 0.6 is 0 Å². The van der Waals surface area contributed by atoms with Crippen molar-refractivity contribution in [2.24, 2.45) is 5.41 Å². The van der Waals surface area contributed by atoms with Crippen LogP contribution in [0.3, 0.4) is 0 Å². The van der Waals surface area contributed by atoms with E-state index in [9.17, 15) is 9.59 Å². The van der Waals surface area contributed by atoms with Crippen molar-refractivity contribution >= 4 is 25.9 Å². The van der Waals surface area contributed by atoms with Crippen LogP contribution in [0.15, 0.2) is 54.6 Å². The Bertz CT molecular complexity index is 1440. The molecule has 7 rings (SSSR count). The van der Waals surface area contributed by atoms with Gasteiger partial charge in [-0.1, -0.05) is 69.3 Å². The Hall–Kier alpha value is -2.68. The molecule has 224 valence electrons. The lowest BCUT2D eigenvalue weighted by Crippen LogP contribution is -2.72. The number of carbonyl (C=O) groups excluding carboxylic acids is 2. The van der Waals surface area contributed by atoms with Crippen LogP contribution in [0, 0.1) is 5.41 Å². The van der Waals surface area contributed by atoms with Gasteiger partial charge in [0.1, 0.15) is 0 Å². The number of hydrogen-bond acceptors (Lipinski definition) is 6. The van der Waals surface area contributed by atoms with Gasteiger partial charge in [0.15, 0.2) is 19.6 Å². The quantitative estimate of drug-likeness (QED) is 0.302. The highest BCUT2D eigenvalue weighted by Gasteiger charge is 2.92. The van der Waals surface area contributed by atoms with Gasteiger partial charge < -0.3 is 23.7 Å².